The molecule has 0 saturated heterocycles. The van der Waals surface area contributed by atoms with Gasteiger partial charge in [0.15, 0.2) is 0 Å². The highest BCUT2D eigenvalue weighted by atomic mass is 14.4. The number of aryl methyl sites for hydroxylation is 4. The van der Waals surface area contributed by atoms with E-state index in [0.717, 1.165) is 51.4 Å². The smallest absolute Gasteiger partial charge is 0.000740 e. The molecule has 0 heteroatoms. The summed E-state index contributed by atoms with van der Waals surface area (Å²) in [4.78, 5) is 0. The lowest BCUT2D eigenvalue weighted by atomic mass is 9.78. The molecule has 15 aromatic carbocycles. The molecule has 0 fully saturated rings. The molecule has 15 aromatic rings. The van der Waals surface area contributed by atoms with Crippen molar-refractivity contribution in [1.82, 2.24) is 0 Å². The van der Waals surface area contributed by atoms with E-state index in [9.17, 15) is 0 Å². The van der Waals surface area contributed by atoms with E-state index in [2.05, 4.69) is 258 Å². The minimum Gasteiger partial charge on any atom is -0.0651 e. The maximum Gasteiger partial charge on any atom is -0.000740 e. The quantitative estimate of drug-likeness (QED) is 0.107. The van der Waals surface area contributed by atoms with E-state index in [1.54, 1.807) is 0 Å². The highest BCUT2D eigenvalue weighted by Gasteiger charge is 2.40. The van der Waals surface area contributed by atoms with Crippen LogP contribution in [0.25, 0.3) is 198 Å². The van der Waals surface area contributed by atoms with Crippen molar-refractivity contribution >= 4 is 64.6 Å². The van der Waals surface area contributed by atoms with E-state index < -0.39 is 0 Å². The van der Waals surface area contributed by atoms with Crippen molar-refractivity contribution in [3.05, 3.63) is 253 Å². The van der Waals surface area contributed by atoms with E-state index in [4.69, 9.17) is 0 Å². The third kappa shape index (κ3) is 6.81. The van der Waals surface area contributed by atoms with Crippen LogP contribution in [0.2, 0.25) is 0 Å². The van der Waals surface area contributed by atoms with Crippen LogP contribution in [0.15, 0.2) is 231 Å². The third-order valence-electron chi connectivity index (χ3n) is 21.3. The predicted molar refractivity (Wildman–Crippen MR) is 387 cm³/mol. The molecule has 4 aliphatic rings. The van der Waals surface area contributed by atoms with Crippen LogP contribution >= 0.6 is 0 Å². The summed E-state index contributed by atoms with van der Waals surface area (Å²) in [7, 11) is 0. The zero-order valence-electron chi connectivity index (χ0n) is 51.6. The summed E-state index contributed by atoms with van der Waals surface area (Å²) in [5.41, 5.74) is 38.4. The summed E-state index contributed by atoms with van der Waals surface area (Å²) in [6, 6.07) is 89.9. The maximum atomic E-state index is 2.66. The fourth-order valence-electron chi connectivity index (χ4n) is 18.2. The van der Waals surface area contributed by atoms with Gasteiger partial charge in [-0.2, -0.15) is 0 Å². The lowest BCUT2D eigenvalue weighted by molar-refractivity contribution is 0.920. The predicted octanol–water partition coefficient (Wildman–Crippen LogP) is 25.7. The highest BCUT2D eigenvalue weighted by Crippen LogP contribution is 2.66. The molecule has 0 atom stereocenters. The van der Waals surface area contributed by atoms with Gasteiger partial charge in [0.25, 0.3) is 0 Å². The first-order valence-corrected chi connectivity index (χ1v) is 33.3. The molecule has 0 aromatic heterocycles. The normalized spacial score (nSPS) is 12.6. The Bertz CT molecular complexity index is 4960. The summed E-state index contributed by atoms with van der Waals surface area (Å²) in [5.74, 6) is 0. The van der Waals surface area contributed by atoms with Gasteiger partial charge in [-0.1, -0.05) is 272 Å². The lowest BCUT2D eigenvalue weighted by Crippen LogP contribution is -1.99. The molecule has 426 valence electrons. The van der Waals surface area contributed by atoms with Crippen LogP contribution in [0.5, 0.6) is 0 Å². The SMILES string of the molecule is CCCc1c2c(c(CCC)c3ccccc13)-c1ccc3c4c(ccc-2c14)-c1c-3c(-c2ccccc2)c2cc3c(-c4ccccc4)c4c(c(-c5ccccc5)c3cc2c1-c1ccccc1)-c1ccc2c3c(ccc-4c13)-c1c-2c(CCC)c2ccccc2c1CCC. The summed E-state index contributed by atoms with van der Waals surface area (Å²) in [6.45, 7) is 9.40. The molecule has 0 nitrogen and oxygen atoms in total. The van der Waals surface area contributed by atoms with Gasteiger partial charge < -0.3 is 0 Å². The number of hydrogen-bond donors (Lipinski definition) is 0. The average molecular weight is 1150 g/mol. The molecule has 90 heavy (non-hydrogen) atoms. The molecule has 0 amide bonds. The van der Waals surface area contributed by atoms with Gasteiger partial charge in [0.05, 0.1) is 0 Å². The first kappa shape index (κ1) is 51.9. The molecule has 0 heterocycles. The average Bonchev–Trinajstić information content (AvgIpc) is 1.50. The number of hydrogen-bond acceptors (Lipinski definition) is 0. The van der Waals surface area contributed by atoms with E-state index in [-0.39, 0.29) is 0 Å². The number of rotatable bonds is 12. The molecule has 0 N–H and O–H groups in total. The Labute approximate surface area is 526 Å². The van der Waals surface area contributed by atoms with Crippen molar-refractivity contribution in [2.24, 2.45) is 0 Å². The Balaban J connectivity index is 0.975. The minimum atomic E-state index is 1.04. The van der Waals surface area contributed by atoms with E-state index in [0.29, 0.717) is 0 Å². The molecule has 4 aliphatic carbocycles. The fourth-order valence-corrected chi connectivity index (χ4v) is 18.2. The van der Waals surface area contributed by atoms with Crippen LogP contribution in [0.1, 0.15) is 75.6 Å². The highest BCUT2D eigenvalue weighted by molar-refractivity contribution is 6.37. The largest absolute Gasteiger partial charge is 0.0651 e. The fraction of sp³-hybridized carbons (Fsp3) is 0.133. The van der Waals surface area contributed by atoms with Crippen LogP contribution in [-0.4, -0.2) is 0 Å². The van der Waals surface area contributed by atoms with Gasteiger partial charge in [0, 0.05) is 0 Å². The summed E-state index contributed by atoms with van der Waals surface area (Å²) < 4.78 is 0. The zero-order chi connectivity index (χ0) is 59.6. The van der Waals surface area contributed by atoms with Gasteiger partial charge in [-0.3, -0.25) is 0 Å². The van der Waals surface area contributed by atoms with Crippen molar-refractivity contribution in [3.8, 4) is 134 Å². The van der Waals surface area contributed by atoms with Crippen LogP contribution in [-0.2, 0) is 25.7 Å². The minimum absolute atomic E-state index is 1.04. The molecular weight excluding hydrogens is 1080 g/mol. The van der Waals surface area contributed by atoms with E-state index >= 15 is 0 Å². The van der Waals surface area contributed by atoms with Gasteiger partial charge in [0.1, 0.15) is 0 Å². The first-order valence-electron chi connectivity index (χ1n) is 33.3. The Kier molecular flexibility index (Phi) is 11.3. The summed E-state index contributed by atoms with van der Waals surface area (Å²) in [5, 5.41) is 16.4. The van der Waals surface area contributed by atoms with Gasteiger partial charge >= 0.3 is 0 Å². The third-order valence-corrected chi connectivity index (χ3v) is 21.3. The van der Waals surface area contributed by atoms with Crippen LogP contribution in [0.4, 0.5) is 0 Å². The second kappa shape index (κ2) is 19.7. The molecule has 0 unspecified atom stereocenters. The van der Waals surface area contributed by atoms with Crippen molar-refractivity contribution in [1.29, 1.82) is 0 Å². The molecule has 0 radical (unpaired) electrons. The Hall–Kier alpha value is -10.1. The molecule has 0 saturated carbocycles. The van der Waals surface area contributed by atoms with Crippen molar-refractivity contribution in [2.75, 3.05) is 0 Å². The Morgan fingerprint density at radius 1 is 0.178 bits per heavy atom. The number of benzene rings is 15. The van der Waals surface area contributed by atoms with Gasteiger partial charge in [-0.15, -0.1) is 0 Å². The van der Waals surface area contributed by atoms with E-state index in [1.165, 1.54) is 220 Å². The van der Waals surface area contributed by atoms with Gasteiger partial charge in [0.2, 0.25) is 0 Å². The van der Waals surface area contributed by atoms with Crippen molar-refractivity contribution < 1.29 is 0 Å². The van der Waals surface area contributed by atoms with Crippen LogP contribution in [0.3, 0.4) is 0 Å². The first-order chi connectivity index (χ1) is 44.6. The van der Waals surface area contributed by atoms with E-state index in [1.807, 2.05) is 0 Å². The molecular formula is C90H66. The topological polar surface area (TPSA) is 0 Å². The lowest BCUT2D eigenvalue weighted by Gasteiger charge is -2.24. The maximum absolute atomic E-state index is 2.66. The van der Waals surface area contributed by atoms with Crippen LogP contribution < -0.4 is 0 Å². The zero-order valence-corrected chi connectivity index (χ0v) is 51.6. The second-order valence-corrected chi connectivity index (χ2v) is 26.1. The molecule has 0 spiro atoms. The second-order valence-electron chi connectivity index (χ2n) is 26.1. The molecule has 19 rings (SSSR count). The van der Waals surface area contributed by atoms with Crippen molar-refractivity contribution in [2.45, 2.75) is 79.1 Å². The summed E-state index contributed by atoms with van der Waals surface area (Å²) >= 11 is 0. The monoisotopic (exact) mass is 1150 g/mol. The van der Waals surface area contributed by atoms with Gasteiger partial charge in [-0.25, -0.2) is 0 Å². The molecule has 0 aliphatic heterocycles. The van der Waals surface area contributed by atoms with Gasteiger partial charge in [-0.05, 0) is 258 Å². The Morgan fingerprint density at radius 2 is 0.367 bits per heavy atom. The summed E-state index contributed by atoms with van der Waals surface area (Å²) in [6.07, 6.45) is 8.55. The van der Waals surface area contributed by atoms with Crippen LogP contribution in [0, 0.1) is 0 Å². The molecule has 0 bridgehead atoms. The standard InChI is InChI=1S/C90H66/c1-5-25-59-55-37-21-22-38-56(55)60(26-6-2)80-64-42-46-68-85-67(45-41-63(79(59)80)83(64)85)87-75(51-29-13-9-14-30-51)71-49-73-74(50-72(71)76(88(68)87)52-31-15-10-16-32-52)78(54-35-19-12-20-36-54)90-70-48-44-66-82-62(28-8-4)58-40-24-23-39-57(58)61(27-7-3)81(82)65-43-47-69(86(70)84(65)66)89(90)77(73)53-33-17-11-18-34-53/h9-24,29-50H,5-8,25-28H2,1-4H3. The van der Waals surface area contributed by atoms with Crippen molar-refractivity contribution in [3.63, 3.8) is 0 Å². The Morgan fingerprint density at radius 3 is 0.567 bits per heavy atom. The number of fused-ring (bicyclic) bond motifs is 16.